The average Bonchev–Trinajstić information content (AvgIpc) is 2.37. The standard InChI is InChI=1S/C12H10ClN3O/c13-11-6-3-5-10(16-11)12(17)15-8-9-4-1-2-7-14-9/h1-7H,8H2,(H,15,17). The Labute approximate surface area is 104 Å². The first kappa shape index (κ1) is 11.5. The van der Waals surface area contributed by atoms with Crippen LogP contribution in [0.4, 0.5) is 0 Å². The van der Waals surface area contributed by atoms with Gasteiger partial charge >= 0.3 is 0 Å². The molecule has 5 heteroatoms. The van der Waals surface area contributed by atoms with Crippen molar-refractivity contribution in [2.45, 2.75) is 6.54 Å². The van der Waals surface area contributed by atoms with E-state index in [9.17, 15) is 4.79 Å². The predicted octanol–water partition coefficient (Wildman–Crippen LogP) is 2.06. The van der Waals surface area contributed by atoms with E-state index in [0.717, 1.165) is 5.69 Å². The van der Waals surface area contributed by atoms with E-state index in [-0.39, 0.29) is 5.91 Å². The van der Waals surface area contributed by atoms with Crippen LogP contribution in [0, 0.1) is 0 Å². The highest BCUT2D eigenvalue weighted by molar-refractivity contribution is 6.29. The zero-order valence-corrected chi connectivity index (χ0v) is 9.69. The molecule has 0 aliphatic rings. The second-order valence-corrected chi connectivity index (χ2v) is 3.74. The lowest BCUT2D eigenvalue weighted by atomic mass is 10.3. The molecule has 2 aromatic heterocycles. The van der Waals surface area contributed by atoms with Gasteiger partial charge in [-0.3, -0.25) is 9.78 Å². The van der Waals surface area contributed by atoms with Gasteiger partial charge in [-0.15, -0.1) is 0 Å². The maximum absolute atomic E-state index is 11.7. The van der Waals surface area contributed by atoms with E-state index in [1.807, 2.05) is 18.2 Å². The topological polar surface area (TPSA) is 54.9 Å². The summed E-state index contributed by atoms with van der Waals surface area (Å²) in [6, 6.07) is 10.4. The quantitative estimate of drug-likeness (QED) is 0.845. The Bertz CT molecular complexity index is 516. The summed E-state index contributed by atoms with van der Waals surface area (Å²) in [5, 5.41) is 3.02. The van der Waals surface area contributed by atoms with E-state index in [1.54, 1.807) is 24.4 Å². The first-order valence-electron chi connectivity index (χ1n) is 5.06. The van der Waals surface area contributed by atoms with Crippen molar-refractivity contribution in [2.24, 2.45) is 0 Å². The smallest absolute Gasteiger partial charge is 0.270 e. The first-order valence-corrected chi connectivity index (χ1v) is 5.44. The molecule has 0 fully saturated rings. The Morgan fingerprint density at radius 2 is 2.12 bits per heavy atom. The molecule has 4 nitrogen and oxygen atoms in total. The fourth-order valence-corrected chi connectivity index (χ4v) is 1.46. The second-order valence-electron chi connectivity index (χ2n) is 3.35. The monoisotopic (exact) mass is 247 g/mol. The Balaban J connectivity index is 1.98. The van der Waals surface area contributed by atoms with Crippen LogP contribution in [0.5, 0.6) is 0 Å². The minimum absolute atomic E-state index is 0.266. The first-order chi connectivity index (χ1) is 8.25. The molecule has 1 N–H and O–H groups in total. The van der Waals surface area contributed by atoms with Crippen molar-refractivity contribution < 1.29 is 4.79 Å². The number of hydrogen-bond donors (Lipinski definition) is 1. The number of rotatable bonds is 3. The summed E-state index contributed by atoms with van der Waals surface area (Å²) in [6.07, 6.45) is 1.68. The van der Waals surface area contributed by atoms with Gasteiger partial charge < -0.3 is 5.32 Å². The highest BCUT2D eigenvalue weighted by Gasteiger charge is 2.06. The van der Waals surface area contributed by atoms with E-state index in [2.05, 4.69) is 15.3 Å². The lowest BCUT2D eigenvalue weighted by Gasteiger charge is -2.04. The van der Waals surface area contributed by atoms with Gasteiger partial charge in [0, 0.05) is 6.20 Å². The van der Waals surface area contributed by atoms with Crippen LogP contribution >= 0.6 is 11.6 Å². The van der Waals surface area contributed by atoms with E-state index in [1.165, 1.54) is 0 Å². The number of carbonyl (C=O) groups is 1. The van der Waals surface area contributed by atoms with Gasteiger partial charge in [0.15, 0.2) is 0 Å². The Kier molecular flexibility index (Phi) is 3.67. The van der Waals surface area contributed by atoms with Gasteiger partial charge in [0.2, 0.25) is 0 Å². The van der Waals surface area contributed by atoms with E-state index in [0.29, 0.717) is 17.4 Å². The molecule has 0 aromatic carbocycles. The number of nitrogens with one attached hydrogen (secondary N) is 1. The van der Waals surface area contributed by atoms with Crippen molar-refractivity contribution in [3.63, 3.8) is 0 Å². The van der Waals surface area contributed by atoms with Crippen LogP contribution in [-0.2, 0) is 6.54 Å². The molecule has 2 rings (SSSR count). The fourth-order valence-electron chi connectivity index (χ4n) is 1.30. The lowest BCUT2D eigenvalue weighted by molar-refractivity contribution is 0.0945. The summed E-state index contributed by atoms with van der Waals surface area (Å²) in [4.78, 5) is 19.7. The van der Waals surface area contributed by atoms with Crippen LogP contribution < -0.4 is 5.32 Å². The third-order valence-corrected chi connectivity index (χ3v) is 2.31. The zero-order valence-electron chi connectivity index (χ0n) is 8.93. The molecule has 0 aliphatic heterocycles. The number of halogens is 1. The van der Waals surface area contributed by atoms with E-state index < -0.39 is 0 Å². The molecule has 0 unspecified atom stereocenters. The minimum Gasteiger partial charge on any atom is -0.345 e. The predicted molar refractivity (Wildman–Crippen MR) is 64.7 cm³/mol. The van der Waals surface area contributed by atoms with Crippen LogP contribution in [0.15, 0.2) is 42.6 Å². The molecule has 0 bridgehead atoms. The van der Waals surface area contributed by atoms with Crippen molar-refractivity contribution in [3.8, 4) is 0 Å². The van der Waals surface area contributed by atoms with Crippen molar-refractivity contribution in [1.82, 2.24) is 15.3 Å². The molecule has 0 radical (unpaired) electrons. The van der Waals surface area contributed by atoms with Crippen molar-refractivity contribution >= 4 is 17.5 Å². The number of hydrogen-bond acceptors (Lipinski definition) is 3. The van der Waals surface area contributed by atoms with Gasteiger partial charge in [-0.1, -0.05) is 23.7 Å². The van der Waals surface area contributed by atoms with Crippen LogP contribution in [0.2, 0.25) is 5.15 Å². The summed E-state index contributed by atoms with van der Waals surface area (Å²) in [6.45, 7) is 0.369. The van der Waals surface area contributed by atoms with Crippen LogP contribution in [0.1, 0.15) is 16.2 Å². The minimum atomic E-state index is -0.266. The van der Waals surface area contributed by atoms with Gasteiger partial charge in [-0.2, -0.15) is 0 Å². The molecule has 0 saturated heterocycles. The maximum atomic E-state index is 11.7. The summed E-state index contributed by atoms with van der Waals surface area (Å²) in [7, 11) is 0. The molecule has 0 saturated carbocycles. The third kappa shape index (κ3) is 3.26. The van der Waals surface area contributed by atoms with Crippen molar-refractivity contribution in [1.29, 1.82) is 0 Å². The molecular weight excluding hydrogens is 238 g/mol. The average molecular weight is 248 g/mol. The Hall–Kier alpha value is -1.94. The number of nitrogens with zero attached hydrogens (tertiary/aromatic N) is 2. The third-order valence-electron chi connectivity index (χ3n) is 2.10. The van der Waals surface area contributed by atoms with Gasteiger partial charge in [0.25, 0.3) is 5.91 Å². The molecule has 0 spiro atoms. The normalized spacial score (nSPS) is 9.94. The molecular formula is C12H10ClN3O. The fraction of sp³-hybridized carbons (Fsp3) is 0.0833. The molecule has 1 amide bonds. The van der Waals surface area contributed by atoms with Gasteiger partial charge in [-0.05, 0) is 24.3 Å². The maximum Gasteiger partial charge on any atom is 0.270 e. The number of pyridine rings is 2. The highest BCUT2D eigenvalue weighted by Crippen LogP contribution is 2.05. The summed E-state index contributed by atoms with van der Waals surface area (Å²) in [5.41, 5.74) is 1.09. The molecule has 0 atom stereocenters. The highest BCUT2D eigenvalue weighted by atomic mass is 35.5. The second kappa shape index (κ2) is 5.41. The molecule has 86 valence electrons. The van der Waals surface area contributed by atoms with Crippen LogP contribution in [0.25, 0.3) is 0 Å². The number of amides is 1. The number of aromatic nitrogens is 2. The Morgan fingerprint density at radius 3 is 2.82 bits per heavy atom. The zero-order chi connectivity index (χ0) is 12.1. The van der Waals surface area contributed by atoms with E-state index in [4.69, 9.17) is 11.6 Å². The summed E-state index contributed by atoms with van der Waals surface area (Å²) >= 11 is 5.70. The van der Waals surface area contributed by atoms with Crippen molar-refractivity contribution in [2.75, 3.05) is 0 Å². The van der Waals surface area contributed by atoms with Crippen LogP contribution in [-0.4, -0.2) is 15.9 Å². The molecule has 0 aliphatic carbocycles. The Morgan fingerprint density at radius 1 is 1.24 bits per heavy atom. The number of carbonyl (C=O) groups excluding carboxylic acids is 1. The molecule has 2 heterocycles. The van der Waals surface area contributed by atoms with Gasteiger partial charge in [0.1, 0.15) is 10.8 Å². The summed E-state index contributed by atoms with van der Waals surface area (Å²) < 4.78 is 0. The molecule has 2 aromatic rings. The largest absolute Gasteiger partial charge is 0.345 e. The van der Waals surface area contributed by atoms with Gasteiger partial charge in [-0.25, -0.2) is 4.98 Å². The molecule has 17 heavy (non-hydrogen) atoms. The summed E-state index contributed by atoms with van der Waals surface area (Å²) in [5.74, 6) is -0.266. The van der Waals surface area contributed by atoms with Gasteiger partial charge in [0.05, 0.1) is 12.2 Å². The van der Waals surface area contributed by atoms with Crippen LogP contribution in [0.3, 0.4) is 0 Å². The van der Waals surface area contributed by atoms with E-state index >= 15 is 0 Å². The van der Waals surface area contributed by atoms with Crippen molar-refractivity contribution in [3.05, 3.63) is 59.1 Å². The lowest BCUT2D eigenvalue weighted by Crippen LogP contribution is -2.24. The SMILES string of the molecule is O=C(NCc1ccccn1)c1cccc(Cl)n1.